The topological polar surface area (TPSA) is 104 Å². The molecule has 0 unspecified atom stereocenters. The van der Waals surface area contributed by atoms with Gasteiger partial charge in [-0.25, -0.2) is 0 Å². The van der Waals surface area contributed by atoms with Crippen LogP contribution in [0.5, 0.6) is 5.75 Å². The molecule has 0 aliphatic rings. The molecule has 0 radical (unpaired) electrons. The minimum Gasteiger partial charge on any atom is -0.494 e. The van der Waals surface area contributed by atoms with Crippen molar-refractivity contribution in [1.82, 2.24) is 30.3 Å². The Hall–Kier alpha value is -2.97. The summed E-state index contributed by atoms with van der Waals surface area (Å²) in [6.07, 6.45) is 0.800. The van der Waals surface area contributed by atoms with E-state index in [4.69, 9.17) is 9.26 Å². The van der Waals surface area contributed by atoms with Crippen LogP contribution in [0.25, 0.3) is 5.69 Å². The first-order chi connectivity index (χ1) is 12.1. The lowest BCUT2D eigenvalue weighted by molar-refractivity contribution is 0.375. The Kier molecular flexibility index (Phi) is 4.92. The van der Waals surface area contributed by atoms with Gasteiger partial charge >= 0.3 is 0 Å². The quantitative estimate of drug-likeness (QED) is 0.696. The van der Waals surface area contributed by atoms with E-state index in [2.05, 4.69) is 44.8 Å². The summed E-state index contributed by atoms with van der Waals surface area (Å²) in [6.45, 7) is 6.50. The van der Waals surface area contributed by atoms with Gasteiger partial charge in [-0.1, -0.05) is 19.0 Å². The van der Waals surface area contributed by atoms with E-state index in [0.29, 0.717) is 29.9 Å². The third kappa shape index (κ3) is 3.93. The van der Waals surface area contributed by atoms with E-state index in [1.807, 2.05) is 25.1 Å². The Labute approximate surface area is 145 Å². The van der Waals surface area contributed by atoms with Crippen LogP contribution in [0, 0.1) is 12.8 Å². The molecule has 3 aromatic rings. The van der Waals surface area contributed by atoms with Gasteiger partial charge in [0.1, 0.15) is 11.4 Å². The summed E-state index contributed by atoms with van der Waals surface area (Å²) in [5.74, 6) is 3.11. The molecule has 9 nitrogen and oxygen atoms in total. The van der Waals surface area contributed by atoms with Crippen molar-refractivity contribution < 1.29 is 9.26 Å². The third-order valence-electron chi connectivity index (χ3n) is 3.58. The number of aromatic nitrogens is 6. The molecule has 1 N–H and O–H groups in total. The average molecular weight is 343 g/mol. The molecule has 0 spiro atoms. The number of nitrogens with one attached hydrogen (secondary N) is 1. The van der Waals surface area contributed by atoms with Gasteiger partial charge in [0.05, 0.1) is 13.7 Å². The van der Waals surface area contributed by atoms with Crippen molar-refractivity contribution in [3.05, 3.63) is 35.7 Å². The van der Waals surface area contributed by atoms with Crippen LogP contribution in [0.1, 0.15) is 31.4 Å². The SMILES string of the molecule is COc1ccc(NCc2nc(CC(C)C)no2)cc1-n1nnnc1C. The first-order valence-corrected chi connectivity index (χ1v) is 8.05. The molecule has 0 aliphatic heterocycles. The van der Waals surface area contributed by atoms with Crippen LogP contribution in [-0.4, -0.2) is 37.5 Å². The first-order valence-electron chi connectivity index (χ1n) is 8.05. The van der Waals surface area contributed by atoms with Crippen LogP contribution in [0.4, 0.5) is 5.69 Å². The van der Waals surface area contributed by atoms with E-state index >= 15 is 0 Å². The fraction of sp³-hybridized carbons (Fsp3) is 0.438. The minimum absolute atomic E-state index is 0.436. The summed E-state index contributed by atoms with van der Waals surface area (Å²) in [6, 6.07) is 5.68. The Morgan fingerprint density at radius 1 is 1.32 bits per heavy atom. The van der Waals surface area contributed by atoms with Crippen LogP contribution in [0.3, 0.4) is 0 Å². The Bertz CT molecular complexity index is 841. The van der Waals surface area contributed by atoms with Gasteiger partial charge in [0.25, 0.3) is 0 Å². The van der Waals surface area contributed by atoms with E-state index < -0.39 is 0 Å². The number of tetrazole rings is 1. The molecule has 0 saturated heterocycles. The van der Waals surface area contributed by atoms with Crippen LogP contribution >= 0.6 is 0 Å². The number of nitrogens with zero attached hydrogens (tertiary/aromatic N) is 6. The molecule has 0 fully saturated rings. The number of rotatable bonds is 7. The molecule has 25 heavy (non-hydrogen) atoms. The standard InChI is InChI=1S/C16H21N7O2/c1-10(2)7-15-18-16(25-20-15)9-17-12-5-6-14(24-4)13(8-12)23-11(3)19-21-22-23/h5-6,8,10,17H,7,9H2,1-4H3. The van der Waals surface area contributed by atoms with Crippen LogP contribution < -0.4 is 10.1 Å². The molecule has 9 heteroatoms. The number of hydrogen-bond acceptors (Lipinski definition) is 8. The molecule has 0 aliphatic carbocycles. The zero-order chi connectivity index (χ0) is 17.8. The fourth-order valence-corrected chi connectivity index (χ4v) is 2.41. The smallest absolute Gasteiger partial charge is 0.245 e. The van der Waals surface area contributed by atoms with Crippen molar-refractivity contribution in [2.24, 2.45) is 5.92 Å². The molecule has 0 amide bonds. The number of anilines is 1. The van der Waals surface area contributed by atoms with Crippen molar-refractivity contribution in [2.75, 3.05) is 12.4 Å². The highest BCUT2D eigenvalue weighted by atomic mass is 16.5. The summed E-state index contributed by atoms with van der Waals surface area (Å²) in [7, 11) is 1.61. The summed E-state index contributed by atoms with van der Waals surface area (Å²) in [5, 5.41) is 18.8. The molecule has 2 heterocycles. The number of aryl methyl sites for hydroxylation is 1. The normalized spacial score (nSPS) is 11.1. The monoisotopic (exact) mass is 343 g/mol. The number of benzene rings is 1. The van der Waals surface area contributed by atoms with Gasteiger partial charge in [-0.15, -0.1) is 5.10 Å². The summed E-state index contributed by atoms with van der Waals surface area (Å²) < 4.78 is 12.3. The van der Waals surface area contributed by atoms with Crippen LogP contribution in [0.15, 0.2) is 22.7 Å². The predicted molar refractivity (Wildman–Crippen MR) is 90.6 cm³/mol. The second kappa shape index (κ2) is 7.29. The number of methoxy groups -OCH3 is 1. The van der Waals surface area contributed by atoms with Gasteiger partial charge in [-0.2, -0.15) is 9.67 Å². The number of hydrogen-bond donors (Lipinski definition) is 1. The molecule has 3 rings (SSSR count). The lowest BCUT2D eigenvalue weighted by Crippen LogP contribution is -2.05. The molecular formula is C16H21N7O2. The average Bonchev–Trinajstić information content (AvgIpc) is 3.21. The van der Waals surface area contributed by atoms with Gasteiger partial charge in [0.2, 0.25) is 5.89 Å². The van der Waals surface area contributed by atoms with E-state index in [0.717, 1.165) is 23.6 Å². The van der Waals surface area contributed by atoms with E-state index in [1.165, 1.54) is 0 Å². The Morgan fingerprint density at radius 2 is 2.16 bits per heavy atom. The number of ether oxygens (including phenoxy) is 1. The maximum absolute atomic E-state index is 5.40. The fourth-order valence-electron chi connectivity index (χ4n) is 2.41. The van der Waals surface area contributed by atoms with Crippen molar-refractivity contribution in [2.45, 2.75) is 33.7 Å². The van der Waals surface area contributed by atoms with Gasteiger partial charge in [0, 0.05) is 12.1 Å². The second-order valence-electron chi connectivity index (χ2n) is 6.08. The Morgan fingerprint density at radius 3 is 2.84 bits per heavy atom. The van der Waals surface area contributed by atoms with Crippen LogP contribution in [0.2, 0.25) is 0 Å². The molecule has 132 valence electrons. The van der Waals surface area contributed by atoms with Crippen LogP contribution in [-0.2, 0) is 13.0 Å². The second-order valence-corrected chi connectivity index (χ2v) is 6.08. The Balaban J connectivity index is 1.75. The third-order valence-corrected chi connectivity index (χ3v) is 3.58. The van der Waals surface area contributed by atoms with Gasteiger partial charge in [0.15, 0.2) is 11.6 Å². The zero-order valence-electron chi connectivity index (χ0n) is 14.7. The molecule has 0 saturated carbocycles. The van der Waals surface area contributed by atoms with E-state index in [9.17, 15) is 0 Å². The highest BCUT2D eigenvalue weighted by Gasteiger charge is 2.12. The van der Waals surface area contributed by atoms with Gasteiger partial charge < -0.3 is 14.6 Å². The molecule has 2 aromatic heterocycles. The molecule has 1 aromatic carbocycles. The molecule has 0 bridgehead atoms. The highest BCUT2D eigenvalue weighted by molar-refractivity contribution is 5.58. The van der Waals surface area contributed by atoms with Gasteiger partial charge in [-0.3, -0.25) is 0 Å². The van der Waals surface area contributed by atoms with Crippen molar-refractivity contribution in [3.63, 3.8) is 0 Å². The summed E-state index contributed by atoms with van der Waals surface area (Å²) in [5.41, 5.74) is 1.62. The lowest BCUT2D eigenvalue weighted by atomic mass is 10.1. The minimum atomic E-state index is 0.436. The van der Waals surface area contributed by atoms with Crippen molar-refractivity contribution >= 4 is 5.69 Å². The maximum Gasteiger partial charge on any atom is 0.245 e. The first kappa shape index (κ1) is 16.9. The zero-order valence-corrected chi connectivity index (χ0v) is 14.7. The molecular weight excluding hydrogens is 322 g/mol. The van der Waals surface area contributed by atoms with Gasteiger partial charge in [-0.05, 0) is 41.5 Å². The lowest BCUT2D eigenvalue weighted by Gasteiger charge is -2.11. The summed E-state index contributed by atoms with van der Waals surface area (Å²) in [4.78, 5) is 4.38. The highest BCUT2D eigenvalue weighted by Crippen LogP contribution is 2.26. The largest absolute Gasteiger partial charge is 0.494 e. The van der Waals surface area contributed by atoms with E-state index in [1.54, 1.807) is 11.8 Å². The maximum atomic E-state index is 5.40. The predicted octanol–water partition coefficient (Wildman–Crippen LogP) is 2.17. The van der Waals surface area contributed by atoms with E-state index in [-0.39, 0.29) is 0 Å². The van der Waals surface area contributed by atoms with Crippen molar-refractivity contribution in [1.29, 1.82) is 0 Å². The summed E-state index contributed by atoms with van der Waals surface area (Å²) >= 11 is 0. The van der Waals surface area contributed by atoms with Crippen molar-refractivity contribution in [3.8, 4) is 11.4 Å². The molecule has 0 atom stereocenters.